The summed E-state index contributed by atoms with van der Waals surface area (Å²) in [6, 6.07) is 6.30. The molecular weight excluding hydrogens is 298 g/mol. The third kappa shape index (κ3) is 2.84. The number of likely N-dealkylation sites (tertiary alicyclic amines) is 1. The van der Waals surface area contributed by atoms with Gasteiger partial charge in [-0.3, -0.25) is 0 Å². The third-order valence-corrected chi connectivity index (χ3v) is 5.00. The number of nitrogens with zero attached hydrogens (tertiary/aromatic N) is 5. The van der Waals surface area contributed by atoms with E-state index >= 15 is 0 Å². The standard InChI is InChI=1S/C19H25N5/c1-19(2,15-22-10-3-4-11-22)18-20-9-13-23(18)14-16-6-5-12-24-17(16)7-8-21-24/h5-9,12-13H,3-4,10-11,14-15H2,1-2H3. The molecule has 1 aliphatic rings. The lowest BCUT2D eigenvalue weighted by Crippen LogP contribution is -2.37. The monoisotopic (exact) mass is 323 g/mol. The molecule has 4 heterocycles. The molecule has 1 fully saturated rings. The highest BCUT2D eigenvalue weighted by Crippen LogP contribution is 2.26. The Morgan fingerprint density at radius 2 is 1.92 bits per heavy atom. The average molecular weight is 323 g/mol. The van der Waals surface area contributed by atoms with Crippen LogP contribution >= 0.6 is 0 Å². The number of hydrogen-bond donors (Lipinski definition) is 0. The summed E-state index contributed by atoms with van der Waals surface area (Å²) in [6.07, 6.45) is 10.5. The van der Waals surface area contributed by atoms with E-state index in [2.05, 4.69) is 52.8 Å². The Morgan fingerprint density at radius 1 is 1.08 bits per heavy atom. The molecular formula is C19H25N5. The molecule has 0 spiro atoms. The Hall–Kier alpha value is -2.14. The first-order chi connectivity index (χ1) is 11.6. The number of aromatic nitrogens is 4. The van der Waals surface area contributed by atoms with E-state index < -0.39 is 0 Å². The van der Waals surface area contributed by atoms with Crippen molar-refractivity contribution in [1.29, 1.82) is 0 Å². The van der Waals surface area contributed by atoms with Crippen molar-refractivity contribution in [3.05, 3.63) is 54.4 Å². The predicted octanol–water partition coefficient (Wildman–Crippen LogP) is 2.95. The highest BCUT2D eigenvalue weighted by Gasteiger charge is 2.29. The predicted molar refractivity (Wildman–Crippen MR) is 95.2 cm³/mol. The van der Waals surface area contributed by atoms with Crippen LogP contribution in [0.4, 0.5) is 0 Å². The molecule has 24 heavy (non-hydrogen) atoms. The topological polar surface area (TPSA) is 38.4 Å². The minimum absolute atomic E-state index is 0.0408. The van der Waals surface area contributed by atoms with Gasteiger partial charge >= 0.3 is 0 Å². The maximum absolute atomic E-state index is 4.71. The number of fused-ring (bicyclic) bond motifs is 1. The van der Waals surface area contributed by atoms with Gasteiger partial charge in [-0.15, -0.1) is 0 Å². The number of imidazole rings is 1. The van der Waals surface area contributed by atoms with Crippen LogP contribution in [0, 0.1) is 0 Å². The van der Waals surface area contributed by atoms with E-state index in [1.165, 1.54) is 31.5 Å². The lowest BCUT2D eigenvalue weighted by molar-refractivity contribution is 0.258. The van der Waals surface area contributed by atoms with Gasteiger partial charge in [0.15, 0.2) is 0 Å². The van der Waals surface area contributed by atoms with Crippen molar-refractivity contribution in [2.45, 2.75) is 38.6 Å². The van der Waals surface area contributed by atoms with Crippen molar-refractivity contribution in [2.75, 3.05) is 19.6 Å². The van der Waals surface area contributed by atoms with Gasteiger partial charge in [-0.25, -0.2) is 9.50 Å². The molecule has 3 aromatic heterocycles. The molecule has 1 aliphatic heterocycles. The summed E-state index contributed by atoms with van der Waals surface area (Å²) in [5.41, 5.74) is 2.47. The van der Waals surface area contributed by atoms with Crippen LogP contribution in [0.25, 0.3) is 5.52 Å². The molecule has 126 valence electrons. The summed E-state index contributed by atoms with van der Waals surface area (Å²) in [4.78, 5) is 7.27. The van der Waals surface area contributed by atoms with Gasteiger partial charge in [0, 0.05) is 36.7 Å². The maximum Gasteiger partial charge on any atom is 0.115 e. The van der Waals surface area contributed by atoms with Gasteiger partial charge in [0.25, 0.3) is 0 Å². The number of hydrogen-bond acceptors (Lipinski definition) is 3. The average Bonchev–Trinajstić information content (AvgIpc) is 3.27. The highest BCUT2D eigenvalue weighted by atomic mass is 15.2. The molecule has 0 unspecified atom stereocenters. The molecule has 1 saturated heterocycles. The molecule has 0 N–H and O–H groups in total. The summed E-state index contributed by atoms with van der Waals surface area (Å²) in [5.74, 6) is 1.16. The van der Waals surface area contributed by atoms with Gasteiger partial charge in [-0.1, -0.05) is 19.9 Å². The smallest absolute Gasteiger partial charge is 0.115 e. The van der Waals surface area contributed by atoms with Gasteiger partial charge in [0.1, 0.15) is 5.82 Å². The summed E-state index contributed by atoms with van der Waals surface area (Å²) in [5, 5.41) is 4.33. The highest BCUT2D eigenvalue weighted by molar-refractivity contribution is 5.53. The molecule has 3 aromatic rings. The fourth-order valence-electron chi connectivity index (χ4n) is 3.92. The maximum atomic E-state index is 4.71. The van der Waals surface area contributed by atoms with Gasteiger partial charge in [0.05, 0.1) is 12.1 Å². The summed E-state index contributed by atoms with van der Waals surface area (Å²) in [7, 11) is 0. The number of rotatable bonds is 5. The second-order valence-electron chi connectivity index (χ2n) is 7.44. The van der Waals surface area contributed by atoms with E-state index in [-0.39, 0.29) is 5.41 Å². The van der Waals surface area contributed by atoms with Gasteiger partial charge in [-0.05, 0) is 43.6 Å². The van der Waals surface area contributed by atoms with E-state index in [4.69, 9.17) is 4.98 Å². The molecule has 0 atom stereocenters. The van der Waals surface area contributed by atoms with Gasteiger partial charge < -0.3 is 9.47 Å². The molecule has 5 nitrogen and oxygen atoms in total. The van der Waals surface area contributed by atoms with Crippen molar-refractivity contribution in [2.24, 2.45) is 0 Å². The van der Waals surface area contributed by atoms with E-state index in [0.29, 0.717) is 0 Å². The summed E-state index contributed by atoms with van der Waals surface area (Å²) in [6.45, 7) is 8.96. The van der Waals surface area contributed by atoms with Crippen molar-refractivity contribution >= 4 is 5.52 Å². The van der Waals surface area contributed by atoms with Crippen LogP contribution in [0.1, 0.15) is 38.1 Å². The van der Waals surface area contributed by atoms with Crippen LogP contribution in [0.2, 0.25) is 0 Å². The van der Waals surface area contributed by atoms with Crippen LogP contribution in [-0.4, -0.2) is 43.7 Å². The van der Waals surface area contributed by atoms with E-state index in [0.717, 1.165) is 24.4 Å². The molecule has 0 radical (unpaired) electrons. The molecule has 0 aromatic carbocycles. The minimum atomic E-state index is 0.0408. The molecule has 5 heteroatoms. The fourth-order valence-corrected chi connectivity index (χ4v) is 3.92. The molecule has 0 bridgehead atoms. The van der Waals surface area contributed by atoms with E-state index in [9.17, 15) is 0 Å². The molecule has 4 rings (SSSR count). The largest absolute Gasteiger partial charge is 0.330 e. The molecule has 0 aliphatic carbocycles. The molecule has 0 amide bonds. The Labute approximate surface area is 142 Å². The first kappa shape index (κ1) is 15.4. The lowest BCUT2D eigenvalue weighted by Gasteiger charge is -2.30. The van der Waals surface area contributed by atoms with Crippen LogP contribution < -0.4 is 0 Å². The normalized spacial score (nSPS) is 16.2. The Kier molecular flexibility index (Phi) is 3.88. The summed E-state index contributed by atoms with van der Waals surface area (Å²) >= 11 is 0. The van der Waals surface area contributed by atoms with E-state index in [1.807, 2.05) is 23.1 Å². The lowest BCUT2D eigenvalue weighted by atomic mass is 9.91. The minimum Gasteiger partial charge on any atom is -0.330 e. The van der Waals surface area contributed by atoms with Gasteiger partial charge in [-0.2, -0.15) is 5.10 Å². The Bertz CT molecular complexity index is 823. The second-order valence-corrected chi connectivity index (χ2v) is 7.44. The van der Waals surface area contributed by atoms with Crippen LogP contribution in [0.5, 0.6) is 0 Å². The zero-order valence-corrected chi connectivity index (χ0v) is 14.5. The molecule has 0 saturated carbocycles. The Morgan fingerprint density at radius 3 is 2.75 bits per heavy atom. The van der Waals surface area contributed by atoms with Crippen molar-refractivity contribution in [1.82, 2.24) is 24.1 Å². The van der Waals surface area contributed by atoms with Crippen molar-refractivity contribution in [3.63, 3.8) is 0 Å². The van der Waals surface area contributed by atoms with Crippen LogP contribution in [0.15, 0.2) is 43.0 Å². The Balaban J connectivity index is 1.61. The van der Waals surface area contributed by atoms with Crippen molar-refractivity contribution in [3.8, 4) is 0 Å². The zero-order chi connectivity index (χ0) is 16.6. The van der Waals surface area contributed by atoms with E-state index in [1.54, 1.807) is 0 Å². The van der Waals surface area contributed by atoms with Gasteiger partial charge in [0.2, 0.25) is 0 Å². The summed E-state index contributed by atoms with van der Waals surface area (Å²) < 4.78 is 4.22. The zero-order valence-electron chi connectivity index (χ0n) is 14.5. The van der Waals surface area contributed by atoms with Crippen molar-refractivity contribution < 1.29 is 0 Å². The fraction of sp³-hybridized carbons (Fsp3) is 0.474. The first-order valence-corrected chi connectivity index (χ1v) is 8.79. The number of pyridine rings is 1. The quantitative estimate of drug-likeness (QED) is 0.724. The SMILES string of the molecule is CC(C)(CN1CCCC1)c1nccn1Cc1cccn2nccc12. The van der Waals surface area contributed by atoms with Crippen LogP contribution in [-0.2, 0) is 12.0 Å². The third-order valence-electron chi connectivity index (χ3n) is 5.00. The first-order valence-electron chi connectivity index (χ1n) is 8.79. The van der Waals surface area contributed by atoms with Crippen LogP contribution in [0.3, 0.4) is 0 Å². The second kappa shape index (κ2) is 6.06.